The van der Waals surface area contributed by atoms with Gasteiger partial charge in [-0.3, -0.25) is 0 Å². The Balaban J connectivity index is 2.11. The van der Waals surface area contributed by atoms with E-state index in [1.807, 2.05) is 25.1 Å². The molecule has 1 aliphatic carbocycles. The lowest BCUT2D eigenvalue weighted by Crippen LogP contribution is -2.36. The minimum atomic E-state index is -0.209. The van der Waals surface area contributed by atoms with E-state index in [0.717, 1.165) is 18.5 Å². The number of rotatable bonds is 4. The second-order valence-electron chi connectivity index (χ2n) is 5.06. The fourth-order valence-electron chi connectivity index (χ4n) is 2.70. The van der Waals surface area contributed by atoms with Gasteiger partial charge in [-0.1, -0.05) is 25.0 Å². The molecule has 1 atom stereocenters. The first-order chi connectivity index (χ1) is 8.70. The zero-order valence-electron chi connectivity index (χ0n) is 11.1. The van der Waals surface area contributed by atoms with Crippen LogP contribution in [0.2, 0.25) is 0 Å². The molecule has 1 fully saturated rings. The summed E-state index contributed by atoms with van der Waals surface area (Å²) in [6.45, 7) is 2.05. The second kappa shape index (κ2) is 5.89. The van der Waals surface area contributed by atoms with Crippen LogP contribution in [0.4, 0.5) is 5.69 Å². The van der Waals surface area contributed by atoms with E-state index >= 15 is 0 Å². The van der Waals surface area contributed by atoms with Crippen molar-refractivity contribution in [3.63, 3.8) is 0 Å². The Kier molecular flexibility index (Phi) is 4.24. The summed E-state index contributed by atoms with van der Waals surface area (Å²) >= 11 is 0. The molecule has 0 heterocycles. The monoisotopic (exact) mass is 247 g/mol. The molecular weight excluding hydrogens is 226 g/mol. The van der Waals surface area contributed by atoms with Gasteiger partial charge in [-0.05, 0) is 43.4 Å². The standard InChI is InChI=1S/C15H21NO2/c1-11-6-5-9-13(10-11)16-14(15(17)18-2)12-7-3-4-8-12/h5-6,9-10,12,14,16H,3-4,7-8H2,1-2H3. The van der Waals surface area contributed by atoms with Crippen LogP contribution in [-0.4, -0.2) is 19.1 Å². The quantitative estimate of drug-likeness (QED) is 0.831. The van der Waals surface area contributed by atoms with Gasteiger partial charge in [-0.15, -0.1) is 0 Å². The van der Waals surface area contributed by atoms with E-state index in [1.165, 1.54) is 25.5 Å². The van der Waals surface area contributed by atoms with Crippen molar-refractivity contribution in [3.8, 4) is 0 Å². The summed E-state index contributed by atoms with van der Waals surface area (Å²) < 4.78 is 4.93. The first-order valence-electron chi connectivity index (χ1n) is 6.62. The van der Waals surface area contributed by atoms with Crippen LogP contribution in [0.3, 0.4) is 0 Å². The van der Waals surface area contributed by atoms with Crippen molar-refractivity contribution in [2.45, 2.75) is 38.6 Å². The molecule has 1 unspecified atom stereocenters. The number of nitrogens with one attached hydrogen (secondary N) is 1. The number of carbonyl (C=O) groups excluding carboxylic acids is 1. The minimum absolute atomic E-state index is 0.150. The molecule has 1 aliphatic rings. The Labute approximate surface area is 109 Å². The molecule has 0 amide bonds. The van der Waals surface area contributed by atoms with Gasteiger partial charge >= 0.3 is 5.97 Å². The Bertz CT molecular complexity index is 411. The summed E-state index contributed by atoms with van der Waals surface area (Å²) in [5.41, 5.74) is 2.19. The highest BCUT2D eigenvalue weighted by Gasteiger charge is 2.31. The average Bonchev–Trinajstić information content (AvgIpc) is 2.89. The number of carbonyl (C=O) groups is 1. The molecule has 0 radical (unpaired) electrons. The summed E-state index contributed by atoms with van der Waals surface area (Å²) in [5, 5.41) is 3.34. The van der Waals surface area contributed by atoms with Crippen LogP contribution in [0.25, 0.3) is 0 Å². The van der Waals surface area contributed by atoms with E-state index in [-0.39, 0.29) is 12.0 Å². The SMILES string of the molecule is COC(=O)C(Nc1cccc(C)c1)C1CCCC1. The van der Waals surface area contributed by atoms with E-state index in [9.17, 15) is 4.79 Å². The number of ether oxygens (including phenoxy) is 1. The summed E-state index contributed by atoms with van der Waals surface area (Å²) in [6.07, 6.45) is 4.65. The zero-order valence-corrected chi connectivity index (χ0v) is 11.1. The van der Waals surface area contributed by atoms with E-state index in [0.29, 0.717) is 5.92 Å². The van der Waals surface area contributed by atoms with Crippen LogP contribution in [0, 0.1) is 12.8 Å². The molecule has 0 aromatic heterocycles. The van der Waals surface area contributed by atoms with Crippen molar-refractivity contribution < 1.29 is 9.53 Å². The van der Waals surface area contributed by atoms with Crippen molar-refractivity contribution in [2.75, 3.05) is 12.4 Å². The lowest BCUT2D eigenvalue weighted by Gasteiger charge is -2.23. The first kappa shape index (κ1) is 12.9. The molecule has 0 aliphatic heterocycles. The van der Waals surface area contributed by atoms with Gasteiger partial charge in [0.25, 0.3) is 0 Å². The van der Waals surface area contributed by atoms with Crippen LogP contribution in [0.1, 0.15) is 31.2 Å². The number of methoxy groups -OCH3 is 1. The van der Waals surface area contributed by atoms with Crippen LogP contribution in [0.5, 0.6) is 0 Å². The molecule has 1 N–H and O–H groups in total. The van der Waals surface area contributed by atoms with E-state index in [1.54, 1.807) is 0 Å². The predicted octanol–water partition coefficient (Wildman–Crippen LogP) is 3.14. The van der Waals surface area contributed by atoms with Crippen LogP contribution >= 0.6 is 0 Å². The third-order valence-corrected chi connectivity index (χ3v) is 3.67. The van der Waals surface area contributed by atoms with E-state index in [2.05, 4.69) is 11.4 Å². The molecule has 1 aromatic carbocycles. The Morgan fingerprint density at radius 1 is 1.39 bits per heavy atom. The molecule has 1 aromatic rings. The summed E-state index contributed by atoms with van der Waals surface area (Å²) in [5.74, 6) is 0.251. The second-order valence-corrected chi connectivity index (χ2v) is 5.06. The average molecular weight is 247 g/mol. The Hall–Kier alpha value is -1.51. The number of esters is 1. The molecular formula is C15H21NO2. The van der Waals surface area contributed by atoms with Crippen LogP contribution in [0.15, 0.2) is 24.3 Å². The highest BCUT2D eigenvalue weighted by molar-refractivity contribution is 5.79. The fraction of sp³-hybridized carbons (Fsp3) is 0.533. The summed E-state index contributed by atoms with van der Waals surface area (Å²) in [4.78, 5) is 11.9. The van der Waals surface area contributed by atoms with Crippen molar-refractivity contribution in [1.29, 1.82) is 0 Å². The summed E-state index contributed by atoms with van der Waals surface area (Å²) in [7, 11) is 1.46. The van der Waals surface area contributed by atoms with Gasteiger partial charge in [0.05, 0.1) is 7.11 Å². The highest BCUT2D eigenvalue weighted by Crippen LogP contribution is 2.30. The molecule has 98 valence electrons. The number of aryl methyl sites for hydroxylation is 1. The zero-order chi connectivity index (χ0) is 13.0. The fourth-order valence-corrected chi connectivity index (χ4v) is 2.70. The highest BCUT2D eigenvalue weighted by atomic mass is 16.5. The van der Waals surface area contributed by atoms with Gasteiger partial charge in [-0.2, -0.15) is 0 Å². The molecule has 0 saturated heterocycles. The normalized spacial score (nSPS) is 17.4. The first-order valence-corrected chi connectivity index (χ1v) is 6.62. The van der Waals surface area contributed by atoms with Gasteiger partial charge < -0.3 is 10.1 Å². The minimum Gasteiger partial charge on any atom is -0.467 e. The maximum Gasteiger partial charge on any atom is 0.328 e. The maximum atomic E-state index is 11.9. The lowest BCUT2D eigenvalue weighted by molar-refractivity contribution is -0.142. The molecule has 3 heteroatoms. The van der Waals surface area contributed by atoms with Crippen LogP contribution in [-0.2, 0) is 9.53 Å². The van der Waals surface area contributed by atoms with E-state index < -0.39 is 0 Å². The van der Waals surface area contributed by atoms with Gasteiger partial charge in [0.15, 0.2) is 0 Å². The van der Waals surface area contributed by atoms with Gasteiger partial charge in [0, 0.05) is 5.69 Å². The molecule has 0 spiro atoms. The number of anilines is 1. The number of hydrogen-bond acceptors (Lipinski definition) is 3. The smallest absolute Gasteiger partial charge is 0.328 e. The lowest BCUT2D eigenvalue weighted by atomic mass is 9.97. The third-order valence-electron chi connectivity index (χ3n) is 3.67. The van der Waals surface area contributed by atoms with Gasteiger partial charge in [0.2, 0.25) is 0 Å². The van der Waals surface area contributed by atoms with Crippen molar-refractivity contribution >= 4 is 11.7 Å². The third kappa shape index (κ3) is 3.03. The molecule has 3 nitrogen and oxygen atoms in total. The van der Waals surface area contributed by atoms with Crippen molar-refractivity contribution in [2.24, 2.45) is 5.92 Å². The Morgan fingerprint density at radius 2 is 2.11 bits per heavy atom. The Morgan fingerprint density at radius 3 is 2.72 bits per heavy atom. The van der Waals surface area contributed by atoms with Gasteiger partial charge in [0.1, 0.15) is 6.04 Å². The summed E-state index contributed by atoms with van der Waals surface area (Å²) in [6, 6.07) is 7.90. The molecule has 1 saturated carbocycles. The molecule has 18 heavy (non-hydrogen) atoms. The van der Waals surface area contributed by atoms with Crippen molar-refractivity contribution in [1.82, 2.24) is 0 Å². The topological polar surface area (TPSA) is 38.3 Å². The number of benzene rings is 1. The molecule has 0 bridgehead atoms. The van der Waals surface area contributed by atoms with Crippen LogP contribution < -0.4 is 5.32 Å². The maximum absolute atomic E-state index is 11.9. The molecule has 2 rings (SSSR count). The van der Waals surface area contributed by atoms with Crippen molar-refractivity contribution in [3.05, 3.63) is 29.8 Å². The predicted molar refractivity (Wildman–Crippen MR) is 72.6 cm³/mol. The van der Waals surface area contributed by atoms with Gasteiger partial charge in [-0.25, -0.2) is 4.79 Å². The largest absolute Gasteiger partial charge is 0.467 e. The van der Waals surface area contributed by atoms with E-state index in [4.69, 9.17) is 4.74 Å². The number of hydrogen-bond donors (Lipinski definition) is 1.